The Morgan fingerprint density at radius 1 is 1.12 bits per heavy atom. The summed E-state index contributed by atoms with van der Waals surface area (Å²) in [6, 6.07) is 0.393. The molecule has 0 bridgehead atoms. The van der Waals surface area contributed by atoms with Crippen LogP contribution in [0.1, 0.15) is 71.1 Å². The molecule has 0 spiro atoms. The third-order valence-electron chi connectivity index (χ3n) is 6.41. The fourth-order valence-electron chi connectivity index (χ4n) is 4.55. The minimum Gasteiger partial charge on any atom is -0.381 e. The summed E-state index contributed by atoms with van der Waals surface area (Å²) in [5, 5.41) is 3.12. The maximum atomic E-state index is 12.7. The zero-order chi connectivity index (χ0) is 18.4. The van der Waals surface area contributed by atoms with Crippen LogP contribution < -0.4 is 5.32 Å². The molecule has 5 nitrogen and oxygen atoms in total. The molecule has 2 saturated carbocycles. The maximum Gasteiger partial charge on any atom is 0.228 e. The van der Waals surface area contributed by atoms with Crippen molar-refractivity contribution in [3.05, 3.63) is 0 Å². The molecule has 26 heavy (non-hydrogen) atoms. The quantitative estimate of drug-likeness (QED) is 0.684. The number of hydrogen-bond donors (Lipinski definition) is 1. The van der Waals surface area contributed by atoms with Gasteiger partial charge < -0.3 is 15.0 Å². The van der Waals surface area contributed by atoms with Crippen molar-refractivity contribution in [1.82, 2.24) is 10.2 Å². The van der Waals surface area contributed by atoms with E-state index in [0.717, 1.165) is 38.0 Å². The first kappa shape index (κ1) is 19.7. The molecule has 2 aliphatic carbocycles. The van der Waals surface area contributed by atoms with Crippen molar-refractivity contribution in [3.8, 4) is 0 Å². The van der Waals surface area contributed by atoms with Gasteiger partial charge in [-0.3, -0.25) is 9.59 Å². The van der Waals surface area contributed by atoms with Gasteiger partial charge in [0, 0.05) is 31.7 Å². The predicted molar refractivity (Wildman–Crippen MR) is 102 cm³/mol. The summed E-state index contributed by atoms with van der Waals surface area (Å²) in [4.78, 5) is 27.3. The molecule has 0 aromatic carbocycles. The lowest BCUT2D eigenvalue weighted by molar-refractivity contribution is -0.136. The number of ether oxygens (including phenoxy) is 1. The molecule has 3 fully saturated rings. The van der Waals surface area contributed by atoms with Gasteiger partial charge in [-0.1, -0.05) is 39.0 Å². The van der Waals surface area contributed by atoms with Crippen LogP contribution in [0.4, 0.5) is 0 Å². The van der Waals surface area contributed by atoms with E-state index in [1.165, 1.54) is 32.1 Å². The highest BCUT2D eigenvalue weighted by atomic mass is 16.5. The number of carbonyl (C=O) groups is 2. The van der Waals surface area contributed by atoms with Gasteiger partial charge >= 0.3 is 0 Å². The fraction of sp³-hybridized carbons (Fsp3) is 0.905. The zero-order valence-corrected chi connectivity index (χ0v) is 16.4. The lowest BCUT2D eigenvalue weighted by atomic mass is 9.82. The monoisotopic (exact) mass is 364 g/mol. The summed E-state index contributed by atoms with van der Waals surface area (Å²) >= 11 is 0. The van der Waals surface area contributed by atoms with E-state index in [-0.39, 0.29) is 23.7 Å². The summed E-state index contributed by atoms with van der Waals surface area (Å²) in [5.41, 5.74) is 0. The lowest BCUT2D eigenvalue weighted by Crippen LogP contribution is -2.44. The van der Waals surface area contributed by atoms with Crippen molar-refractivity contribution in [2.45, 2.75) is 77.2 Å². The van der Waals surface area contributed by atoms with Crippen LogP contribution in [0.5, 0.6) is 0 Å². The molecule has 1 heterocycles. The Labute approximate surface area is 158 Å². The Morgan fingerprint density at radius 3 is 2.50 bits per heavy atom. The summed E-state index contributed by atoms with van der Waals surface area (Å²) in [6.07, 6.45) is 11.6. The molecular weight excluding hydrogens is 328 g/mol. The largest absolute Gasteiger partial charge is 0.381 e. The number of nitrogens with zero attached hydrogens (tertiary/aromatic N) is 1. The molecule has 0 aromatic heterocycles. The Morgan fingerprint density at radius 2 is 1.88 bits per heavy atom. The van der Waals surface area contributed by atoms with Gasteiger partial charge in [-0.15, -0.1) is 0 Å². The second-order valence-corrected chi connectivity index (χ2v) is 8.46. The zero-order valence-electron chi connectivity index (χ0n) is 16.4. The first-order valence-corrected chi connectivity index (χ1v) is 10.8. The Hall–Kier alpha value is -1.10. The van der Waals surface area contributed by atoms with Gasteiger partial charge in [-0.25, -0.2) is 0 Å². The van der Waals surface area contributed by atoms with Crippen LogP contribution in [0.2, 0.25) is 0 Å². The summed E-state index contributed by atoms with van der Waals surface area (Å²) in [7, 11) is 0. The van der Waals surface area contributed by atoms with E-state index in [0.29, 0.717) is 32.3 Å². The number of amides is 2. The van der Waals surface area contributed by atoms with E-state index in [9.17, 15) is 9.59 Å². The lowest BCUT2D eigenvalue weighted by Gasteiger charge is -2.27. The molecule has 2 atom stereocenters. The van der Waals surface area contributed by atoms with Crippen LogP contribution in [0.3, 0.4) is 0 Å². The Bertz CT molecular complexity index is 466. The number of hydrogen-bond acceptors (Lipinski definition) is 3. The van der Waals surface area contributed by atoms with Gasteiger partial charge in [-0.2, -0.15) is 0 Å². The van der Waals surface area contributed by atoms with Crippen molar-refractivity contribution in [2.75, 3.05) is 26.3 Å². The Balaban J connectivity index is 1.42. The van der Waals surface area contributed by atoms with Crippen molar-refractivity contribution < 1.29 is 14.3 Å². The van der Waals surface area contributed by atoms with Gasteiger partial charge in [-0.05, 0) is 38.0 Å². The highest BCUT2D eigenvalue weighted by Crippen LogP contribution is 2.31. The van der Waals surface area contributed by atoms with Gasteiger partial charge in [0.1, 0.15) is 0 Å². The number of nitrogens with one attached hydrogen (secondary N) is 1. The molecule has 1 saturated heterocycles. The van der Waals surface area contributed by atoms with Crippen molar-refractivity contribution in [1.29, 1.82) is 0 Å². The number of rotatable bonds is 9. The van der Waals surface area contributed by atoms with E-state index in [1.807, 2.05) is 4.90 Å². The van der Waals surface area contributed by atoms with Crippen molar-refractivity contribution >= 4 is 11.8 Å². The predicted octanol–water partition coefficient (Wildman–Crippen LogP) is 3.13. The average Bonchev–Trinajstić information content (AvgIpc) is 3.35. The standard InChI is InChI=1S/C21H36N2O3/c1-2-17(14-16-6-4-3-5-7-16)20(24)22-11-12-23(19-8-9-19)21(25)18-10-13-26-15-18/h16-19H,2-15H2,1H3,(H,22,24). The summed E-state index contributed by atoms with van der Waals surface area (Å²) in [6.45, 7) is 4.60. The van der Waals surface area contributed by atoms with E-state index >= 15 is 0 Å². The highest BCUT2D eigenvalue weighted by Gasteiger charge is 2.36. The van der Waals surface area contributed by atoms with E-state index in [4.69, 9.17) is 4.74 Å². The molecule has 148 valence electrons. The van der Waals surface area contributed by atoms with Gasteiger partial charge in [0.15, 0.2) is 0 Å². The third kappa shape index (κ3) is 5.45. The Kier molecular flexibility index (Phi) is 7.35. The molecule has 1 aliphatic heterocycles. The molecule has 3 rings (SSSR count). The van der Waals surface area contributed by atoms with Crippen molar-refractivity contribution in [3.63, 3.8) is 0 Å². The molecule has 5 heteroatoms. The molecular formula is C21H36N2O3. The molecule has 0 radical (unpaired) electrons. The van der Waals surface area contributed by atoms with Crippen LogP contribution in [-0.2, 0) is 14.3 Å². The van der Waals surface area contributed by atoms with E-state index in [2.05, 4.69) is 12.2 Å². The molecule has 2 amide bonds. The molecule has 1 N–H and O–H groups in total. The molecule has 0 aromatic rings. The molecule has 3 aliphatic rings. The topological polar surface area (TPSA) is 58.6 Å². The number of carbonyl (C=O) groups excluding carboxylic acids is 2. The van der Waals surface area contributed by atoms with E-state index < -0.39 is 0 Å². The second kappa shape index (κ2) is 9.72. The van der Waals surface area contributed by atoms with Crippen LogP contribution in [0, 0.1) is 17.8 Å². The average molecular weight is 365 g/mol. The van der Waals surface area contributed by atoms with Gasteiger partial charge in [0.25, 0.3) is 0 Å². The second-order valence-electron chi connectivity index (χ2n) is 8.46. The minimum atomic E-state index is 0.0287. The summed E-state index contributed by atoms with van der Waals surface area (Å²) in [5.74, 6) is 1.30. The first-order valence-electron chi connectivity index (χ1n) is 10.8. The first-order chi connectivity index (χ1) is 12.7. The fourth-order valence-corrected chi connectivity index (χ4v) is 4.55. The van der Waals surface area contributed by atoms with Gasteiger partial charge in [0.2, 0.25) is 11.8 Å². The van der Waals surface area contributed by atoms with Crippen LogP contribution >= 0.6 is 0 Å². The van der Waals surface area contributed by atoms with Crippen molar-refractivity contribution in [2.24, 2.45) is 17.8 Å². The third-order valence-corrected chi connectivity index (χ3v) is 6.41. The minimum absolute atomic E-state index is 0.0287. The maximum absolute atomic E-state index is 12.7. The van der Waals surface area contributed by atoms with Gasteiger partial charge in [0.05, 0.1) is 12.5 Å². The van der Waals surface area contributed by atoms with Crippen LogP contribution in [0.25, 0.3) is 0 Å². The van der Waals surface area contributed by atoms with Crippen LogP contribution in [0.15, 0.2) is 0 Å². The van der Waals surface area contributed by atoms with Crippen LogP contribution in [-0.4, -0.2) is 49.1 Å². The SMILES string of the molecule is CCC(CC1CCCCC1)C(=O)NCCN(C(=O)C1CCOC1)C1CC1. The molecule has 2 unspecified atom stereocenters. The normalized spacial score (nSPS) is 25.0. The highest BCUT2D eigenvalue weighted by molar-refractivity contribution is 5.80. The van der Waals surface area contributed by atoms with E-state index in [1.54, 1.807) is 0 Å². The smallest absolute Gasteiger partial charge is 0.228 e. The summed E-state index contributed by atoms with van der Waals surface area (Å²) < 4.78 is 5.37.